The van der Waals surface area contributed by atoms with Gasteiger partial charge >= 0.3 is 6.09 Å². The monoisotopic (exact) mass is 314 g/mol. The van der Waals surface area contributed by atoms with Gasteiger partial charge in [0.15, 0.2) is 6.61 Å². The number of hydrogen-bond donors (Lipinski definition) is 2. The number of aryl methyl sites for hydroxylation is 1. The Balaban J connectivity index is 1.82. The molecule has 2 amide bonds. The molecule has 0 heterocycles. The van der Waals surface area contributed by atoms with Gasteiger partial charge in [0.05, 0.1) is 7.11 Å². The maximum Gasteiger partial charge on any atom is 0.411 e. The van der Waals surface area contributed by atoms with E-state index in [-0.39, 0.29) is 12.5 Å². The van der Waals surface area contributed by atoms with Gasteiger partial charge < -0.3 is 14.8 Å². The van der Waals surface area contributed by atoms with Gasteiger partial charge in [-0.25, -0.2) is 4.79 Å². The summed E-state index contributed by atoms with van der Waals surface area (Å²) in [7, 11) is 1.29. The van der Waals surface area contributed by atoms with Crippen LogP contribution in [-0.2, 0) is 9.53 Å². The third-order valence-electron chi connectivity index (χ3n) is 2.99. The largest absolute Gasteiger partial charge is 0.484 e. The fourth-order valence-corrected chi connectivity index (χ4v) is 1.79. The number of anilines is 2. The van der Waals surface area contributed by atoms with Crippen molar-refractivity contribution in [3.63, 3.8) is 0 Å². The summed E-state index contributed by atoms with van der Waals surface area (Å²) in [6.07, 6.45) is -0.545. The van der Waals surface area contributed by atoms with Crippen LogP contribution in [0.4, 0.5) is 16.2 Å². The van der Waals surface area contributed by atoms with Crippen molar-refractivity contribution in [1.82, 2.24) is 0 Å². The van der Waals surface area contributed by atoms with Gasteiger partial charge in [-0.2, -0.15) is 0 Å². The Kier molecular flexibility index (Phi) is 5.57. The Labute approximate surface area is 134 Å². The Hall–Kier alpha value is -3.02. The van der Waals surface area contributed by atoms with Crippen molar-refractivity contribution in [2.45, 2.75) is 6.92 Å². The number of carbonyl (C=O) groups excluding carboxylic acids is 2. The Morgan fingerprint density at radius 2 is 1.48 bits per heavy atom. The second-order valence-corrected chi connectivity index (χ2v) is 4.84. The normalized spacial score (nSPS) is 9.83. The standard InChI is InChI=1S/C17H18N2O4/c1-12-3-5-13(6-4-12)18-16(20)11-23-15-9-7-14(8-10-15)19-17(21)22-2/h3-10H,11H2,1-2H3,(H,18,20)(H,19,21). The summed E-state index contributed by atoms with van der Waals surface area (Å²) in [5.41, 5.74) is 2.43. The van der Waals surface area contributed by atoms with Crippen molar-refractivity contribution in [1.29, 1.82) is 0 Å². The molecule has 0 atom stereocenters. The van der Waals surface area contributed by atoms with Gasteiger partial charge in [-0.1, -0.05) is 17.7 Å². The quantitative estimate of drug-likeness (QED) is 0.888. The number of rotatable bonds is 5. The van der Waals surface area contributed by atoms with E-state index in [0.717, 1.165) is 11.3 Å². The summed E-state index contributed by atoms with van der Waals surface area (Å²) in [6.45, 7) is 1.88. The third kappa shape index (κ3) is 5.35. The lowest BCUT2D eigenvalue weighted by Crippen LogP contribution is -2.20. The minimum absolute atomic E-state index is 0.0996. The summed E-state index contributed by atoms with van der Waals surface area (Å²) in [4.78, 5) is 22.9. The van der Waals surface area contributed by atoms with Crippen LogP contribution in [0.3, 0.4) is 0 Å². The molecular weight excluding hydrogens is 296 g/mol. The zero-order valence-electron chi connectivity index (χ0n) is 13.0. The van der Waals surface area contributed by atoms with E-state index in [4.69, 9.17) is 4.74 Å². The van der Waals surface area contributed by atoms with Crippen LogP contribution in [0.5, 0.6) is 5.75 Å². The van der Waals surface area contributed by atoms with Crippen LogP contribution in [-0.4, -0.2) is 25.7 Å². The molecule has 6 nitrogen and oxygen atoms in total. The zero-order valence-corrected chi connectivity index (χ0v) is 13.0. The number of ether oxygens (including phenoxy) is 2. The van der Waals surface area contributed by atoms with E-state index in [1.165, 1.54) is 7.11 Å². The molecule has 120 valence electrons. The van der Waals surface area contributed by atoms with Gasteiger partial charge in [0.2, 0.25) is 0 Å². The van der Waals surface area contributed by atoms with E-state index in [0.29, 0.717) is 11.4 Å². The minimum Gasteiger partial charge on any atom is -0.484 e. The Morgan fingerprint density at radius 1 is 0.913 bits per heavy atom. The highest BCUT2D eigenvalue weighted by molar-refractivity contribution is 5.91. The molecule has 0 fully saturated rings. The van der Waals surface area contributed by atoms with Gasteiger partial charge in [0.1, 0.15) is 5.75 Å². The van der Waals surface area contributed by atoms with Crippen LogP contribution in [0, 0.1) is 6.92 Å². The molecule has 0 unspecified atom stereocenters. The van der Waals surface area contributed by atoms with E-state index in [2.05, 4.69) is 15.4 Å². The molecule has 2 rings (SSSR count). The van der Waals surface area contributed by atoms with Crippen molar-refractivity contribution < 1.29 is 19.1 Å². The maximum atomic E-state index is 11.8. The van der Waals surface area contributed by atoms with Gasteiger partial charge in [0.25, 0.3) is 5.91 Å². The first-order valence-corrected chi connectivity index (χ1v) is 7.01. The van der Waals surface area contributed by atoms with E-state index in [1.54, 1.807) is 24.3 Å². The maximum absolute atomic E-state index is 11.8. The minimum atomic E-state index is -0.545. The highest BCUT2D eigenvalue weighted by atomic mass is 16.5. The molecule has 0 aliphatic heterocycles. The predicted octanol–water partition coefficient (Wildman–Crippen LogP) is 3.19. The van der Waals surface area contributed by atoms with E-state index in [9.17, 15) is 9.59 Å². The first kappa shape index (κ1) is 16.4. The molecule has 2 N–H and O–H groups in total. The highest BCUT2D eigenvalue weighted by Gasteiger charge is 2.05. The predicted molar refractivity (Wildman–Crippen MR) is 87.8 cm³/mol. The molecule has 0 saturated carbocycles. The van der Waals surface area contributed by atoms with Gasteiger partial charge in [-0.3, -0.25) is 10.1 Å². The molecule has 0 saturated heterocycles. The van der Waals surface area contributed by atoms with Crippen molar-refractivity contribution in [2.75, 3.05) is 24.4 Å². The highest BCUT2D eigenvalue weighted by Crippen LogP contribution is 2.16. The molecule has 0 bridgehead atoms. The van der Waals surface area contributed by atoms with Crippen molar-refractivity contribution in [3.8, 4) is 5.75 Å². The van der Waals surface area contributed by atoms with E-state index >= 15 is 0 Å². The Morgan fingerprint density at radius 3 is 2.09 bits per heavy atom. The van der Waals surface area contributed by atoms with Crippen molar-refractivity contribution in [2.24, 2.45) is 0 Å². The first-order valence-electron chi connectivity index (χ1n) is 7.01. The van der Waals surface area contributed by atoms with Crippen LogP contribution >= 0.6 is 0 Å². The molecule has 23 heavy (non-hydrogen) atoms. The van der Waals surface area contributed by atoms with E-state index in [1.807, 2.05) is 31.2 Å². The number of carbonyl (C=O) groups is 2. The lowest BCUT2D eigenvalue weighted by Gasteiger charge is -2.09. The number of hydrogen-bond acceptors (Lipinski definition) is 4. The van der Waals surface area contributed by atoms with Gasteiger partial charge in [-0.05, 0) is 43.3 Å². The fourth-order valence-electron chi connectivity index (χ4n) is 1.79. The van der Waals surface area contributed by atoms with Crippen LogP contribution in [0.25, 0.3) is 0 Å². The number of nitrogens with one attached hydrogen (secondary N) is 2. The molecule has 0 aliphatic rings. The van der Waals surface area contributed by atoms with Crippen LogP contribution < -0.4 is 15.4 Å². The summed E-state index contributed by atoms with van der Waals surface area (Å²) >= 11 is 0. The molecule has 0 spiro atoms. The molecule has 0 aromatic heterocycles. The Bertz CT molecular complexity index is 666. The number of methoxy groups -OCH3 is 1. The SMILES string of the molecule is COC(=O)Nc1ccc(OCC(=O)Nc2ccc(C)cc2)cc1. The molecule has 2 aromatic carbocycles. The van der Waals surface area contributed by atoms with E-state index < -0.39 is 6.09 Å². The zero-order chi connectivity index (χ0) is 16.7. The molecule has 0 radical (unpaired) electrons. The summed E-state index contributed by atoms with van der Waals surface area (Å²) in [6, 6.07) is 14.1. The lowest BCUT2D eigenvalue weighted by atomic mass is 10.2. The van der Waals surface area contributed by atoms with Crippen LogP contribution in [0.1, 0.15) is 5.56 Å². The second-order valence-electron chi connectivity index (χ2n) is 4.84. The van der Waals surface area contributed by atoms with Crippen molar-refractivity contribution in [3.05, 3.63) is 54.1 Å². The lowest BCUT2D eigenvalue weighted by molar-refractivity contribution is -0.118. The molecule has 6 heteroatoms. The summed E-state index contributed by atoms with van der Waals surface area (Å²) in [5.74, 6) is 0.282. The smallest absolute Gasteiger partial charge is 0.411 e. The van der Waals surface area contributed by atoms with Gasteiger partial charge in [0, 0.05) is 11.4 Å². The first-order chi connectivity index (χ1) is 11.1. The summed E-state index contributed by atoms with van der Waals surface area (Å²) in [5, 5.41) is 5.27. The number of benzene rings is 2. The second kappa shape index (κ2) is 7.84. The third-order valence-corrected chi connectivity index (χ3v) is 2.99. The topological polar surface area (TPSA) is 76.7 Å². The van der Waals surface area contributed by atoms with Crippen molar-refractivity contribution >= 4 is 23.4 Å². The molecule has 2 aromatic rings. The number of amides is 2. The average Bonchev–Trinajstić information content (AvgIpc) is 2.56. The average molecular weight is 314 g/mol. The summed E-state index contributed by atoms with van der Waals surface area (Å²) < 4.78 is 9.89. The van der Waals surface area contributed by atoms with Gasteiger partial charge in [-0.15, -0.1) is 0 Å². The molecular formula is C17H18N2O4. The van der Waals surface area contributed by atoms with Crippen LogP contribution in [0.15, 0.2) is 48.5 Å². The fraction of sp³-hybridized carbons (Fsp3) is 0.176. The molecule has 0 aliphatic carbocycles. The van der Waals surface area contributed by atoms with Crippen LogP contribution in [0.2, 0.25) is 0 Å².